The van der Waals surface area contributed by atoms with Gasteiger partial charge in [0.25, 0.3) is 0 Å². The molecule has 1 heterocycles. The van der Waals surface area contributed by atoms with Crippen LogP contribution in [-0.2, 0) is 0 Å². The topological polar surface area (TPSA) is 30.2 Å². The summed E-state index contributed by atoms with van der Waals surface area (Å²) in [4.78, 5) is 11.3. The molecule has 0 bridgehead atoms. The van der Waals surface area contributed by atoms with Gasteiger partial charge in [-0.05, 0) is 31.9 Å². The molecule has 0 saturated carbocycles. The number of hydrogen-bond donors (Lipinski definition) is 0. The highest BCUT2D eigenvalue weighted by Gasteiger charge is 2.15. The second kappa shape index (κ2) is 3.23. The molecule has 1 aromatic carbocycles. The Hall–Kier alpha value is -1.57. The third kappa shape index (κ3) is 1.37. The maximum Gasteiger partial charge on any atom is 0.195 e. The van der Waals surface area contributed by atoms with Crippen LogP contribution in [0.3, 0.4) is 0 Å². The molecule has 0 N–H and O–H groups in total. The Kier molecular flexibility index (Phi) is 2.14. The third-order valence-electron chi connectivity index (χ3n) is 2.95. The molecule has 2 aromatic rings. The lowest BCUT2D eigenvalue weighted by atomic mass is 10.0. The first-order chi connectivity index (χ1) is 7.02. The number of rotatable bonds is 1. The Morgan fingerprint density at radius 1 is 1.13 bits per heavy atom. The number of ketones is 1. The highest BCUT2D eigenvalue weighted by Crippen LogP contribution is 2.29. The van der Waals surface area contributed by atoms with Crippen molar-refractivity contribution in [3.63, 3.8) is 0 Å². The lowest BCUT2D eigenvalue weighted by molar-refractivity contribution is 0.0988. The molecular formula is C13H14O2. The lowest BCUT2D eigenvalue weighted by Crippen LogP contribution is -1.90. The fourth-order valence-electron chi connectivity index (χ4n) is 1.85. The Morgan fingerprint density at radius 3 is 2.40 bits per heavy atom. The molecule has 0 amide bonds. The van der Waals surface area contributed by atoms with Crippen LogP contribution >= 0.6 is 0 Å². The lowest BCUT2D eigenvalue weighted by Gasteiger charge is -1.98. The molecule has 0 saturated heterocycles. The maximum absolute atomic E-state index is 11.3. The second-order valence-corrected chi connectivity index (χ2v) is 4.00. The predicted molar refractivity (Wildman–Crippen MR) is 60.4 cm³/mol. The van der Waals surface area contributed by atoms with Crippen LogP contribution in [0.2, 0.25) is 0 Å². The maximum atomic E-state index is 11.3. The van der Waals surface area contributed by atoms with Crippen molar-refractivity contribution in [2.24, 2.45) is 0 Å². The van der Waals surface area contributed by atoms with Gasteiger partial charge in [0.2, 0.25) is 0 Å². The fraction of sp³-hybridized carbons (Fsp3) is 0.308. The van der Waals surface area contributed by atoms with Crippen LogP contribution in [0.25, 0.3) is 11.0 Å². The first-order valence-corrected chi connectivity index (χ1v) is 5.02. The van der Waals surface area contributed by atoms with E-state index in [2.05, 4.69) is 6.07 Å². The van der Waals surface area contributed by atoms with Crippen LogP contribution in [-0.4, -0.2) is 5.78 Å². The highest BCUT2D eigenvalue weighted by molar-refractivity contribution is 5.99. The van der Waals surface area contributed by atoms with Crippen molar-refractivity contribution in [2.45, 2.75) is 27.7 Å². The summed E-state index contributed by atoms with van der Waals surface area (Å²) in [6, 6.07) is 4.08. The van der Waals surface area contributed by atoms with E-state index in [9.17, 15) is 4.79 Å². The molecule has 0 aliphatic rings. The molecule has 0 unspecified atom stereocenters. The Balaban J connectivity index is 2.88. The van der Waals surface area contributed by atoms with Gasteiger partial charge >= 0.3 is 0 Å². The number of carbonyl (C=O) groups is 1. The van der Waals surface area contributed by atoms with E-state index in [4.69, 9.17) is 4.42 Å². The molecule has 0 atom stereocenters. The molecule has 1 aromatic heterocycles. The molecule has 2 nitrogen and oxygen atoms in total. The van der Waals surface area contributed by atoms with E-state index in [0.717, 1.165) is 22.1 Å². The van der Waals surface area contributed by atoms with Crippen LogP contribution in [0.4, 0.5) is 0 Å². The van der Waals surface area contributed by atoms with Crippen LogP contribution in [0.5, 0.6) is 0 Å². The number of furan rings is 1. The standard InChI is InChI=1S/C13H14O2/c1-7-5-6-11-9(3)12(10(4)14)15-13(11)8(7)2/h5-6H,1-4H3. The van der Waals surface area contributed by atoms with Gasteiger partial charge < -0.3 is 4.42 Å². The van der Waals surface area contributed by atoms with Crippen LogP contribution in [0.1, 0.15) is 34.2 Å². The van der Waals surface area contributed by atoms with Crippen LogP contribution in [0, 0.1) is 20.8 Å². The summed E-state index contributed by atoms with van der Waals surface area (Å²) < 4.78 is 5.62. The first-order valence-electron chi connectivity index (χ1n) is 5.02. The summed E-state index contributed by atoms with van der Waals surface area (Å²) in [6.45, 7) is 7.52. The Labute approximate surface area is 88.9 Å². The monoisotopic (exact) mass is 202 g/mol. The zero-order valence-corrected chi connectivity index (χ0v) is 9.47. The largest absolute Gasteiger partial charge is 0.452 e. The molecule has 0 radical (unpaired) electrons. The smallest absolute Gasteiger partial charge is 0.195 e. The van der Waals surface area contributed by atoms with Gasteiger partial charge in [-0.1, -0.05) is 12.1 Å². The third-order valence-corrected chi connectivity index (χ3v) is 2.95. The SMILES string of the molecule is CC(=O)c1oc2c(C)c(C)ccc2c1C. The van der Waals surface area contributed by atoms with E-state index in [1.807, 2.05) is 26.8 Å². The van der Waals surface area contributed by atoms with Crippen molar-refractivity contribution >= 4 is 16.8 Å². The van der Waals surface area contributed by atoms with Crippen molar-refractivity contribution in [2.75, 3.05) is 0 Å². The van der Waals surface area contributed by atoms with Crippen molar-refractivity contribution in [3.05, 3.63) is 34.6 Å². The number of hydrogen-bond acceptors (Lipinski definition) is 2. The van der Waals surface area contributed by atoms with Gasteiger partial charge in [0.15, 0.2) is 11.5 Å². The van der Waals surface area contributed by atoms with E-state index in [0.29, 0.717) is 5.76 Å². The van der Waals surface area contributed by atoms with Gasteiger partial charge in [-0.3, -0.25) is 4.79 Å². The second-order valence-electron chi connectivity index (χ2n) is 4.00. The number of carbonyl (C=O) groups excluding carboxylic acids is 1. The minimum Gasteiger partial charge on any atom is -0.452 e. The molecule has 0 aliphatic carbocycles. The minimum absolute atomic E-state index is 0.0132. The molecule has 78 valence electrons. The molecule has 15 heavy (non-hydrogen) atoms. The van der Waals surface area contributed by atoms with Crippen molar-refractivity contribution in [1.29, 1.82) is 0 Å². The number of aryl methyl sites for hydroxylation is 3. The van der Waals surface area contributed by atoms with Crippen molar-refractivity contribution < 1.29 is 9.21 Å². The predicted octanol–water partition coefficient (Wildman–Crippen LogP) is 3.56. The molecular weight excluding hydrogens is 188 g/mol. The zero-order chi connectivity index (χ0) is 11.2. The van der Waals surface area contributed by atoms with E-state index >= 15 is 0 Å². The summed E-state index contributed by atoms with van der Waals surface area (Å²) in [6.07, 6.45) is 0. The molecule has 2 rings (SSSR count). The van der Waals surface area contributed by atoms with E-state index in [1.165, 1.54) is 12.5 Å². The Bertz CT molecular complexity index is 547. The van der Waals surface area contributed by atoms with Gasteiger partial charge in [0, 0.05) is 17.9 Å². The van der Waals surface area contributed by atoms with Gasteiger partial charge in [-0.15, -0.1) is 0 Å². The summed E-state index contributed by atoms with van der Waals surface area (Å²) in [5.41, 5.74) is 4.09. The highest BCUT2D eigenvalue weighted by atomic mass is 16.3. The fourth-order valence-corrected chi connectivity index (χ4v) is 1.85. The van der Waals surface area contributed by atoms with Gasteiger partial charge in [0.1, 0.15) is 5.58 Å². The number of Topliss-reactive ketones (excluding diaryl/α,β-unsaturated/α-hetero) is 1. The van der Waals surface area contributed by atoms with E-state index < -0.39 is 0 Å². The normalized spacial score (nSPS) is 10.9. The van der Waals surface area contributed by atoms with Gasteiger partial charge in [-0.25, -0.2) is 0 Å². The van der Waals surface area contributed by atoms with Crippen molar-refractivity contribution in [3.8, 4) is 0 Å². The molecule has 0 aliphatic heterocycles. The summed E-state index contributed by atoms with van der Waals surface area (Å²) >= 11 is 0. The van der Waals surface area contributed by atoms with Crippen LogP contribution < -0.4 is 0 Å². The summed E-state index contributed by atoms with van der Waals surface area (Å²) in [5, 5.41) is 1.04. The summed E-state index contributed by atoms with van der Waals surface area (Å²) in [7, 11) is 0. The van der Waals surface area contributed by atoms with E-state index in [1.54, 1.807) is 0 Å². The van der Waals surface area contributed by atoms with E-state index in [-0.39, 0.29) is 5.78 Å². The molecule has 0 fully saturated rings. The Morgan fingerprint density at radius 2 is 1.80 bits per heavy atom. The summed E-state index contributed by atoms with van der Waals surface area (Å²) in [5.74, 6) is 0.472. The zero-order valence-electron chi connectivity index (χ0n) is 9.47. The quantitative estimate of drug-likeness (QED) is 0.662. The number of fused-ring (bicyclic) bond motifs is 1. The molecule has 2 heteroatoms. The van der Waals surface area contributed by atoms with Crippen LogP contribution in [0.15, 0.2) is 16.5 Å². The molecule has 0 spiro atoms. The number of benzene rings is 1. The average Bonchev–Trinajstić information content (AvgIpc) is 2.51. The first kappa shape index (κ1) is 9.97. The minimum atomic E-state index is -0.0132. The van der Waals surface area contributed by atoms with Gasteiger partial charge in [0.05, 0.1) is 0 Å². The average molecular weight is 202 g/mol. The van der Waals surface area contributed by atoms with Gasteiger partial charge in [-0.2, -0.15) is 0 Å². The van der Waals surface area contributed by atoms with Crippen molar-refractivity contribution in [1.82, 2.24) is 0 Å².